The van der Waals surface area contributed by atoms with Crippen LogP contribution >= 0.6 is 11.6 Å². The molecule has 0 saturated carbocycles. The molecule has 0 saturated heterocycles. The lowest BCUT2D eigenvalue weighted by molar-refractivity contribution is -0.274. The Balaban J connectivity index is 1.88. The molecule has 0 radical (unpaired) electrons. The molecule has 34 heavy (non-hydrogen) atoms. The molecule has 0 spiro atoms. The normalized spacial score (nSPS) is 11.3. The molecule has 2 N–H and O–H groups in total. The molecule has 2 aromatic heterocycles. The molecule has 3 rings (SSSR count). The predicted molar refractivity (Wildman–Crippen MR) is 104 cm³/mol. The van der Waals surface area contributed by atoms with Crippen LogP contribution in [0.15, 0.2) is 30.5 Å². The predicted octanol–water partition coefficient (Wildman–Crippen LogP) is 3.26. The molecule has 3 aromatic rings. The SMILES string of the molecule is Cn1nnnc1NC(=O)c1ccc(OC(F)F)c(NC(=O)c2ccc(OC(F)(F)F)cn2)c1Cl. The number of hydrogen-bond acceptors (Lipinski definition) is 8. The van der Waals surface area contributed by atoms with E-state index >= 15 is 0 Å². The Morgan fingerprint density at radius 2 is 1.85 bits per heavy atom. The van der Waals surface area contributed by atoms with Crippen LogP contribution in [0.2, 0.25) is 5.02 Å². The van der Waals surface area contributed by atoms with Gasteiger partial charge in [-0.15, -0.1) is 13.2 Å². The number of anilines is 2. The highest BCUT2D eigenvalue weighted by molar-refractivity contribution is 6.38. The number of tetrazole rings is 1. The zero-order valence-electron chi connectivity index (χ0n) is 16.6. The largest absolute Gasteiger partial charge is 0.573 e. The lowest BCUT2D eigenvalue weighted by Crippen LogP contribution is -2.20. The summed E-state index contributed by atoms with van der Waals surface area (Å²) in [7, 11) is 1.43. The number of carbonyl (C=O) groups excluding carboxylic acids is 2. The number of benzene rings is 1. The number of halogens is 6. The molecule has 0 aliphatic heterocycles. The van der Waals surface area contributed by atoms with Crippen LogP contribution in [-0.2, 0) is 7.05 Å². The van der Waals surface area contributed by atoms with E-state index in [9.17, 15) is 31.5 Å². The van der Waals surface area contributed by atoms with Gasteiger partial charge in [-0.25, -0.2) is 9.67 Å². The van der Waals surface area contributed by atoms with Crippen LogP contribution < -0.4 is 20.1 Å². The number of ether oxygens (including phenoxy) is 2. The summed E-state index contributed by atoms with van der Waals surface area (Å²) in [5.41, 5.74) is -1.22. The number of alkyl halides is 5. The maximum atomic E-state index is 12.8. The highest BCUT2D eigenvalue weighted by atomic mass is 35.5. The Labute approximate surface area is 190 Å². The van der Waals surface area contributed by atoms with E-state index in [2.05, 4.69) is 40.6 Å². The summed E-state index contributed by atoms with van der Waals surface area (Å²) in [5.74, 6) is -3.27. The van der Waals surface area contributed by atoms with Crippen molar-refractivity contribution in [3.63, 3.8) is 0 Å². The maximum Gasteiger partial charge on any atom is 0.573 e. The van der Waals surface area contributed by atoms with Crippen LogP contribution in [0, 0.1) is 0 Å². The topological polar surface area (TPSA) is 133 Å². The lowest BCUT2D eigenvalue weighted by Gasteiger charge is -2.16. The molecular formula is C17H11ClF5N7O4. The number of nitrogens with one attached hydrogen (secondary N) is 2. The van der Waals surface area contributed by atoms with E-state index < -0.39 is 52.7 Å². The molecule has 180 valence electrons. The Kier molecular flexibility index (Phi) is 7.09. The molecule has 0 aliphatic rings. The molecule has 0 atom stereocenters. The number of pyridine rings is 1. The van der Waals surface area contributed by atoms with Gasteiger partial charge >= 0.3 is 13.0 Å². The fourth-order valence-corrected chi connectivity index (χ4v) is 2.72. The lowest BCUT2D eigenvalue weighted by atomic mass is 10.1. The minimum atomic E-state index is -4.97. The van der Waals surface area contributed by atoms with Gasteiger partial charge in [0.1, 0.15) is 17.1 Å². The van der Waals surface area contributed by atoms with Gasteiger partial charge in [-0.05, 0) is 34.7 Å². The van der Waals surface area contributed by atoms with Crippen molar-refractivity contribution in [2.24, 2.45) is 7.05 Å². The number of aryl methyl sites for hydroxylation is 1. The second kappa shape index (κ2) is 9.82. The van der Waals surface area contributed by atoms with Crippen molar-refractivity contribution >= 4 is 35.1 Å². The number of hydrogen-bond donors (Lipinski definition) is 2. The molecular weight excluding hydrogens is 497 g/mol. The standard InChI is InChI=1S/C17H11ClF5N7O4/c1-30-16(27-28-29-30)26-13(31)8-3-5-10(33-15(19)20)12(11(8)18)25-14(32)9-4-2-7(6-24-9)34-17(21,22)23/h2-6,15H,1H3,(H,25,32)(H,26,27,29,31). The third-order valence-corrected chi connectivity index (χ3v) is 4.24. The summed E-state index contributed by atoms with van der Waals surface area (Å²) in [4.78, 5) is 28.6. The summed E-state index contributed by atoms with van der Waals surface area (Å²) in [6.45, 7) is -3.31. The van der Waals surface area contributed by atoms with E-state index in [0.29, 0.717) is 6.20 Å². The first kappa shape index (κ1) is 24.6. The third-order valence-electron chi connectivity index (χ3n) is 3.85. The molecule has 0 unspecified atom stereocenters. The summed E-state index contributed by atoms with van der Waals surface area (Å²) in [6, 6.07) is 3.70. The zero-order chi connectivity index (χ0) is 25.0. The van der Waals surface area contributed by atoms with Crippen molar-refractivity contribution < 1.29 is 41.0 Å². The zero-order valence-corrected chi connectivity index (χ0v) is 17.4. The number of amides is 2. The van der Waals surface area contributed by atoms with Gasteiger partial charge in [0.25, 0.3) is 11.8 Å². The van der Waals surface area contributed by atoms with Gasteiger partial charge in [-0.2, -0.15) is 8.78 Å². The summed E-state index contributed by atoms with van der Waals surface area (Å²) in [6.07, 6.45) is -4.35. The summed E-state index contributed by atoms with van der Waals surface area (Å²) in [5, 5.41) is 14.4. The monoisotopic (exact) mass is 507 g/mol. The molecule has 17 heteroatoms. The van der Waals surface area contributed by atoms with E-state index in [1.54, 1.807) is 0 Å². The summed E-state index contributed by atoms with van der Waals surface area (Å²) < 4.78 is 71.5. The first-order valence-electron chi connectivity index (χ1n) is 8.78. The molecule has 1 aromatic carbocycles. The van der Waals surface area contributed by atoms with Crippen LogP contribution in [-0.4, -0.2) is 50.0 Å². The number of rotatable bonds is 7. The quantitative estimate of drug-likeness (QED) is 0.466. The molecule has 0 aliphatic carbocycles. The van der Waals surface area contributed by atoms with Crippen molar-refractivity contribution in [1.29, 1.82) is 0 Å². The molecule has 11 nitrogen and oxygen atoms in total. The van der Waals surface area contributed by atoms with Crippen molar-refractivity contribution in [3.8, 4) is 11.5 Å². The first-order chi connectivity index (χ1) is 15.9. The van der Waals surface area contributed by atoms with Crippen molar-refractivity contribution in [2.75, 3.05) is 10.6 Å². The summed E-state index contributed by atoms with van der Waals surface area (Å²) >= 11 is 6.18. The van der Waals surface area contributed by atoms with Crippen LogP contribution in [0.4, 0.5) is 33.6 Å². The molecule has 2 heterocycles. The average Bonchev–Trinajstić information content (AvgIpc) is 3.14. The van der Waals surface area contributed by atoms with Crippen LogP contribution in [0.25, 0.3) is 0 Å². The van der Waals surface area contributed by atoms with E-state index in [0.717, 1.165) is 28.9 Å². The second-order valence-corrected chi connectivity index (χ2v) is 6.52. The highest BCUT2D eigenvalue weighted by Crippen LogP contribution is 2.37. The van der Waals surface area contributed by atoms with Crippen molar-refractivity contribution in [2.45, 2.75) is 13.0 Å². The van der Waals surface area contributed by atoms with Gasteiger partial charge in [-0.1, -0.05) is 16.7 Å². The van der Waals surface area contributed by atoms with E-state index in [-0.39, 0.29) is 11.5 Å². The van der Waals surface area contributed by atoms with Gasteiger partial charge in [0.15, 0.2) is 5.75 Å². The Morgan fingerprint density at radius 3 is 2.41 bits per heavy atom. The van der Waals surface area contributed by atoms with Gasteiger partial charge in [-0.3, -0.25) is 14.9 Å². The van der Waals surface area contributed by atoms with Crippen molar-refractivity contribution in [1.82, 2.24) is 25.2 Å². The van der Waals surface area contributed by atoms with E-state index in [1.807, 2.05) is 0 Å². The second-order valence-electron chi connectivity index (χ2n) is 6.14. The highest BCUT2D eigenvalue weighted by Gasteiger charge is 2.31. The molecule has 2 amide bonds. The molecule has 0 bridgehead atoms. The van der Waals surface area contributed by atoms with Crippen LogP contribution in [0.3, 0.4) is 0 Å². The Hall–Kier alpha value is -4.08. The Morgan fingerprint density at radius 1 is 1.12 bits per heavy atom. The van der Waals surface area contributed by atoms with E-state index in [1.165, 1.54) is 7.05 Å². The fourth-order valence-electron chi connectivity index (χ4n) is 2.43. The minimum absolute atomic E-state index is 0.0649. The van der Waals surface area contributed by atoms with Crippen LogP contribution in [0.1, 0.15) is 20.8 Å². The molecule has 0 fully saturated rings. The maximum absolute atomic E-state index is 12.8. The average molecular weight is 508 g/mol. The number of nitrogens with zero attached hydrogens (tertiary/aromatic N) is 5. The number of aromatic nitrogens is 5. The smallest absolute Gasteiger partial charge is 0.433 e. The van der Waals surface area contributed by atoms with Gasteiger partial charge < -0.3 is 14.8 Å². The third kappa shape index (κ3) is 6.03. The first-order valence-corrected chi connectivity index (χ1v) is 9.16. The van der Waals surface area contributed by atoms with Gasteiger partial charge in [0, 0.05) is 7.05 Å². The van der Waals surface area contributed by atoms with Crippen LogP contribution in [0.5, 0.6) is 11.5 Å². The van der Waals surface area contributed by atoms with Gasteiger partial charge in [0.05, 0.1) is 16.8 Å². The Bertz CT molecular complexity index is 1200. The van der Waals surface area contributed by atoms with Crippen molar-refractivity contribution in [3.05, 3.63) is 46.7 Å². The fraction of sp³-hybridized carbons (Fsp3) is 0.176. The van der Waals surface area contributed by atoms with E-state index in [4.69, 9.17) is 11.6 Å². The van der Waals surface area contributed by atoms with Gasteiger partial charge in [0.2, 0.25) is 5.95 Å². The number of carbonyl (C=O) groups is 2. The minimum Gasteiger partial charge on any atom is -0.433 e.